The van der Waals surface area contributed by atoms with Gasteiger partial charge in [0.15, 0.2) is 10.8 Å². The van der Waals surface area contributed by atoms with Crippen molar-refractivity contribution in [3.8, 4) is 11.5 Å². The molecule has 11 nitrogen and oxygen atoms in total. The summed E-state index contributed by atoms with van der Waals surface area (Å²) >= 11 is 0. The molecule has 0 heterocycles. The SMILES string of the molecule is C=C(C(Cc1cccc(OC)c1)(C(=O)OCC)C(=O)OCC)[Si](C)(C)O[Si](C)(C)C(=C)C(Cc1cccc(OC)c1)(C(=O)OCC)C(=O)OCC. The van der Waals surface area contributed by atoms with Gasteiger partial charge in [0.05, 0.1) is 40.6 Å². The van der Waals surface area contributed by atoms with E-state index in [0.717, 1.165) is 0 Å². The van der Waals surface area contributed by atoms with Gasteiger partial charge in [-0.1, -0.05) is 37.4 Å². The topological polar surface area (TPSA) is 133 Å². The molecule has 0 amide bonds. The number of hydrogen-bond acceptors (Lipinski definition) is 11. The average Bonchev–Trinajstić information content (AvgIpc) is 3.09. The van der Waals surface area contributed by atoms with Gasteiger partial charge >= 0.3 is 23.9 Å². The number of hydrogen-bond donors (Lipinski definition) is 0. The molecule has 51 heavy (non-hydrogen) atoms. The molecule has 0 saturated carbocycles. The number of methoxy groups -OCH3 is 2. The van der Waals surface area contributed by atoms with Crippen LogP contribution < -0.4 is 9.47 Å². The molecule has 0 radical (unpaired) electrons. The summed E-state index contributed by atoms with van der Waals surface area (Å²) in [6, 6.07) is 14.0. The van der Waals surface area contributed by atoms with Crippen LogP contribution in [0, 0.1) is 10.8 Å². The largest absolute Gasteiger partial charge is 0.497 e. The molecule has 0 N–H and O–H groups in total. The molecule has 0 saturated heterocycles. The summed E-state index contributed by atoms with van der Waals surface area (Å²) in [7, 11) is -3.84. The second-order valence-corrected chi connectivity index (χ2v) is 20.9. The lowest BCUT2D eigenvalue weighted by atomic mass is 9.81. The van der Waals surface area contributed by atoms with Crippen LogP contribution in [0.1, 0.15) is 38.8 Å². The smallest absolute Gasteiger partial charge is 0.327 e. The standard InChI is InChI=1S/C38H54O11Si2/c1-13-45-33(39)37(34(40)46-14-2,25-29-19-17-21-31(23-29)43-7)27(5)50(9,10)49-51(11,12)28(6)38(35(41)47-15-3,36(42)48-16-4)26-30-20-18-22-32(24-30)44-8/h17-24H,5-6,13-16,25-26H2,1-4,7-12H3. The second kappa shape index (κ2) is 18.3. The van der Waals surface area contributed by atoms with Gasteiger partial charge in [0.25, 0.3) is 0 Å². The second-order valence-electron chi connectivity index (χ2n) is 12.8. The van der Waals surface area contributed by atoms with Crippen LogP contribution in [0.5, 0.6) is 11.5 Å². The summed E-state index contributed by atoms with van der Waals surface area (Å²) in [4.78, 5) is 56.3. The zero-order chi connectivity index (χ0) is 38.6. The van der Waals surface area contributed by atoms with Crippen LogP contribution in [0.2, 0.25) is 26.2 Å². The first kappa shape index (κ1) is 43.0. The summed E-state index contributed by atoms with van der Waals surface area (Å²) in [6.07, 6.45) is -0.288. The summed E-state index contributed by atoms with van der Waals surface area (Å²) in [5.41, 5.74) is -2.80. The van der Waals surface area contributed by atoms with E-state index in [4.69, 9.17) is 32.5 Å². The molecule has 0 aliphatic heterocycles. The maximum absolute atomic E-state index is 14.1. The lowest BCUT2D eigenvalue weighted by Crippen LogP contribution is -2.59. The summed E-state index contributed by atoms with van der Waals surface area (Å²) in [5, 5.41) is 0.377. The average molecular weight is 743 g/mol. The van der Waals surface area contributed by atoms with Crippen molar-refractivity contribution < 1.29 is 51.7 Å². The van der Waals surface area contributed by atoms with Crippen molar-refractivity contribution in [2.75, 3.05) is 40.6 Å². The molecule has 0 atom stereocenters. The summed E-state index contributed by atoms with van der Waals surface area (Å²) < 4.78 is 40.1. The van der Waals surface area contributed by atoms with E-state index in [1.807, 2.05) is 0 Å². The van der Waals surface area contributed by atoms with E-state index >= 15 is 0 Å². The van der Waals surface area contributed by atoms with Crippen LogP contribution in [-0.2, 0) is 55.1 Å². The van der Waals surface area contributed by atoms with Gasteiger partial charge in [-0.3, -0.25) is 19.2 Å². The van der Waals surface area contributed by atoms with Gasteiger partial charge in [0.2, 0.25) is 16.6 Å². The van der Waals surface area contributed by atoms with Crippen molar-refractivity contribution in [3.05, 3.63) is 83.2 Å². The fraction of sp³-hybridized carbons (Fsp3) is 0.474. The van der Waals surface area contributed by atoms with E-state index in [-0.39, 0.29) is 49.7 Å². The first-order valence-electron chi connectivity index (χ1n) is 17.0. The molecule has 0 unspecified atom stereocenters. The fourth-order valence-corrected chi connectivity index (χ4v) is 14.9. The van der Waals surface area contributed by atoms with Crippen molar-refractivity contribution in [1.29, 1.82) is 0 Å². The summed E-state index contributed by atoms with van der Waals surface area (Å²) in [6.45, 7) is 22.5. The highest BCUT2D eigenvalue weighted by molar-refractivity contribution is 6.92. The van der Waals surface area contributed by atoms with Crippen molar-refractivity contribution in [2.45, 2.75) is 66.7 Å². The molecule has 0 spiro atoms. The van der Waals surface area contributed by atoms with Gasteiger partial charge in [0.1, 0.15) is 11.5 Å². The molecule has 2 rings (SSSR count). The predicted octanol–water partition coefficient (Wildman–Crippen LogP) is 6.33. The van der Waals surface area contributed by atoms with Crippen LogP contribution in [0.3, 0.4) is 0 Å². The number of benzene rings is 2. The van der Waals surface area contributed by atoms with E-state index < -0.39 is 51.3 Å². The van der Waals surface area contributed by atoms with Gasteiger partial charge < -0.3 is 32.5 Å². The van der Waals surface area contributed by atoms with E-state index in [1.54, 1.807) is 102 Å². The fourth-order valence-electron chi connectivity index (χ4n) is 6.14. The van der Waals surface area contributed by atoms with Crippen LogP contribution in [-0.4, -0.2) is 81.2 Å². The zero-order valence-electron chi connectivity index (χ0n) is 31.8. The molecule has 0 aromatic heterocycles. The highest BCUT2D eigenvalue weighted by Crippen LogP contribution is 2.45. The Morgan fingerprint density at radius 3 is 1.12 bits per heavy atom. The van der Waals surface area contributed by atoms with Gasteiger partial charge in [-0.25, -0.2) is 0 Å². The Morgan fingerprint density at radius 2 is 0.863 bits per heavy atom. The highest BCUT2D eigenvalue weighted by Gasteiger charge is 2.60. The number of ether oxygens (including phenoxy) is 6. The summed E-state index contributed by atoms with van der Waals surface area (Å²) in [5.74, 6) is -2.26. The minimum atomic E-state index is -3.44. The van der Waals surface area contributed by atoms with Gasteiger partial charge in [-0.2, -0.15) is 0 Å². The first-order chi connectivity index (χ1) is 24.0. The molecule has 0 bridgehead atoms. The Kier molecular flexibility index (Phi) is 15.4. The maximum atomic E-state index is 14.1. The number of esters is 4. The van der Waals surface area contributed by atoms with Gasteiger partial charge in [0, 0.05) is 12.8 Å². The van der Waals surface area contributed by atoms with Crippen molar-refractivity contribution in [2.24, 2.45) is 10.8 Å². The van der Waals surface area contributed by atoms with Crippen LogP contribution in [0.25, 0.3) is 0 Å². The van der Waals surface area contributed by atoms with Crippen molar-refractivity contribution in [1.82, 2.24) is 0 Å². The van der Waals surface area contributed by atoms with Crippen molar-refractivity contribution in [3.63, 3.8) is 0 Å². The molecule has 0 aliphatic rings. The van der Waals surface area contributed by atoms with Crippen LogP contribution in [0.15, 0.2) is 72.1 Å². The number of carbonyl (C=O) groups excluding carboxylic acids is 4. The zero-order valence-corrected chi connectivity index (χ0v) is 33.8. The maximum Gasteiger partial charge on any atom is 0.327 e. The van der Waals surface area contributed by atoms with Gasteiger partial charge in [-0.15, -0.1) is 0 Å². The molecule has 2 aromatic rings. The van der Waals surface area contributed by atoms with Crippen LogP contribution in [0.4, 0.5) is 0 Å². The Morgan fingerprint density at radius 1 is 0.569 bits per heavy atom. The Labute approximate surface area is 304 Å². The predicted molar refractivity (Wildman–Crippen MR) is 199 cm³/mol. The molecule has 280 valence electrons. The van der Waals surface area contributed by atoms with Crippen LogP contribution >= 0.6 is 0 Å². The third kappa shape index (κ3) is 9.57. The van der Waals surface area contributed by atoms with E-state index in [1.165, 1.54) is 14.2 Å². The van der Waals surface area contributed by atoms with E-state index in [9.17, 15) is 19.2 Å². The molecule has 0 aliphatic carbocycles. The minimum Gasteiger partial charge on any atom is -0.497 e. The Balaban J connectivity index is 2.81. The lowest BCUT2D eigenvalue weighted by molar-refractivity contribution is -0.170. The highest BCUT2D eigenvalue weighted by atomic mass is 28.4. The van der Waals surface area contributed by atoms with E-state index in [2.05, 4.69) is 13.2 Å². The molecular formula is C38H54O11Si2. The molecule has 2 aromatic carbocycles. The van der Waals surface area contributed by atoms with E-state index in [0.29, 0.717) is 22.6 Å². The Bertz CT molecular complexity index is 1430. The minimum absolute atomic E-state index is 0.00284. The lowest BCUT2D eigenvalue weighted by Gasteiger charge is -2.44. The third-order valence-corrected chi connectivity index (χ3v) is 16.5. The molecular weight excluding hydrogens is 689 g/mol. The third-order valence-electron chi connectivity index (χ3n) is 8.70. The molecule has 13 heteroatoms. The molecule has 0 fully saturated rings. The number of carbonyl (C=O) groups is 4. The monoisotopic (exact) mass is 742 g/mol. The quantitative estimate of drug-likeness (QED) is 0.0652. The number of rotatable bonds is 20. The normalized spacial score (nSPS) is 12.0. The first-order valence-corrected chi connectivity index (χ1v) is 22.8. The van der Waals surface area contributed by atoms with Crippen molar-refractivity contribution >= 4 is 40.5 Å². The van der Waals surface area contributed by atoms with Gasteiger partial charge in [-0.05, 0) is 99.7 Å². The Hall–Kier alpha value is -4.21.